The number of carbonyl (C=O) groups excluding carboxylic acids is 2. The van der Waals surface area contributed by atoms with E-state index in [1.54, 1.807) is 25.1 Å². The lowest BCUT2D eigenvalue weighted by Crippen LogP contribution is -2.36. The molecule has 4 rings (SSSR count). The Hall–Kier alpha value is -3.19. The molecule has 1 atom stereocenters. The third kappa shape index (κ3) is 5.46. The number of benzene rings is 2. The number of alkyl halides is 2. The lowest BCUT2D eigenvalue weighted by molar-refractivity contribution is -0.614. The normalized spacial score (nSPS) is 14.2. The first-order valence-electron chi connectivity index (χ1n) is 11.7. The molecule has 0 bridgehead atoms. The van der Waals surface area contributed by atoms with Gasteiger partial charge in [-0.25, -0.2) is 13.2 Å². The van der Waals surface area contributed by atoms with Gasteiger partial charge in [-0.05, 0) is 49.4 Å². The highest BCUT2D eigenvalue weighted by atomic mass is 35.5. The van der Waals surface area contributed by atoms with Gasteiger partial charge in [0.25, 0.3) is 6.43 Å². The minimum Gasteiger partial charge on any atom is -0.618 e. The lowest BCUT2D eigenvalue weighted by atomic mass is 9.88. The summed E-state index contributed by atoms with van der Waals surface area (Å²) in [4.78, 5) is 25.1. The summed E-state index contributed by atoms with van der Waals surface area (Å²) in [6.07, 6.45) is 0.579. The summed E-state index contributed by atoms with van der Waals surface area (Å²) in [5.41, 5.74) is 1.24. The molecule has 2 aromatic carbocycles. The van der Waals surface area contributed by atoms with E-state index in [1.807, 2.05) is 0 Å². The molecule has 4 nitrogen and oxygen atoms in total. The van der Waals surface area contributed by atoms with Gasteiger partial charge in [-0.15, -0.1) is 0 Å². The molecule has 1 aromatic heterocycles. The molecule has 0 amide bonds. The van der Waals surface area contributed by atoms with Gasteiger partial charge < -0.3 is 5.21 Å². The van der Waals surface area contributed by atoms with E-state index >= 15 is 0 Å². The molecule has 8 heteroatoms. The first-order chi connectivity index (χ1) is 17.1. The van der Waals surface area contributed by atoms with E-state index in [0.717, 1.165) is 42.3 Å². The maximum Gasteiger partial charge on any atom is 0.264 e. The Morgan fingerprint density at radius 1 is 1.14 bits per heavy atom. The largest absolute Gasteiger partial charge is 0.618 e. The molecule has 1 fully saturated rings. The van der Waals surface area contributed by atoms with E-state index in [-0.39, 0.29) is 34.3 Å². The van der Waals surface area contributed by atoms with E-state index in [4.69, 9.17) is 11.6 Å². The third-order valence-electron chi connectivity index (χ3n) is 6.66. The second-order valence-electron chi connectivity index (χ2n) is 9.37. The minimum atomic E-state index is -2.96. The van der Waals surface area contributed by atoms with Crippen LogP contribution in [0.1, 0.15) is 71.3 Å². The lowest BCUT2D eigenvalue weighted by Gasteiger charge is -2.17. The van der Waals surface area contributed by atoms with Crippen LogP contribution in [0.3, 0.4) is 0 Å². The number of aromatic nitrogens is 1. The summed E-state index contributed by atoms with van der Waals surface area (Å²) >= 11 is 5.81. The number of Topliss-reactive ketones (excluding diaryl/α,β-unsaturated/α-hetero) is 2. The second kappa shape index (κ2) is 10.4. The average Bonchev–Trinajstić information content (AvgIpc) is 3.63. The van der Waals surface area contributed by atoms with Crippen LogP contribution >= 0.6 is 11.6 Å². The topological polar surface area (TPSA) is 61.1 Å². The number of hydrogen-bond acceptors (Lipinski definition) is 3. The zero-order valence-electron chi connectivity index (χ0n) is 19.9. The van der Waals surface area contributed by atoms with Crippen LogP contribution in [0.4, 0.5) is 13.2 Å². The number of hydrogen-bond donors (Lipinski definition) is 0. The predicted molar refractivity (Wildman–Crippen MR) is 131 cm³/mol. The van der Waals surface area contributed by atoms with Gasteiger partial charge in [0.15, 0.2) is 17.8 Å². The van der Waals surface area contributed by atoms with Crippen LogP contribution < -0.4 is 4.73 Å². The SMILES string of the molecule is CC(=O)c1ccc(CC(=O)C(CC2CC2)c2ccc(-c3c(C(F)F)ccc(Cl)c3F)c[n+]2[O-])cc1C. The molecular weight excluding hydrogens is 491 g/mol. The van der Waals surface area contributed by atoms with E-state index in [0.29, 0.717) is 22.6 Å². The second-order valence-corrected chi connectivity index (χ2v) is 9.78. The molecule has 0 radical (unpaired) electrons. The van der Waals surface area contributed by atoms with Crippen molar-refractivity contribution in [1.82, 2.24) is 0 Å². The number of aryl methyl sites for hydroxylation is 1. The number of ketones is 2. The number of halogens is 4. The molecule has 0 aliphatic heterocycles. The quantitative estimate of drug-likeness (QED) is 0.176. The Morgan fingerprint density at radius 2 is 1.86 bits per heavy atom. The van der Waals surface area contributed by atoms with Gasteiger partial charge in [-0.1, -0.05) is 48.7 Å². The maximum atomic E-state index is 14.7. The van der Waals surface area contributed by atoms with Crippen LogP contribution in [-0.2, 0) is 11.2 Å². The highest BCUT2D eigenvalue weighted by Crippen LogP contribution is 2.40. The zero-order chi connectivity index (χ0) is 26.1. The van der Waals surface area contributed by atoms with Crippen LogP contribution in [-0.4, -0.2) is 11.6 Å². The van der Waals surface area contributed by atoms with Gasteiger partial charge in [0.2, 0.25) is 5.69 Å². The van der Waals surface area contributed by atoms with Gasteiger partial charge in [-0.3, -0.25) is 9.59 Å². The Bertz CT molecular complexity index is 1340. The summed E-state index contributed by atoms with van der Waals surface area (Å²) in [6.45, 7) is 3.29. The van der Waals surface area contributed by atoms with Gasteiger partial charge in [0.05, 0.1) is 10.6 Å². The molecule has 3 aromatic rings. The van der Waals surface area contributed by atoms with Crippen molar-refractivity contribution in [2.24, 2.45) is 5.92 Å². The smallest absolute Gasteiger partial charge is 0.264 e. The molecule has 36 heavy (non-hydrogen) atoms. The molecule has 1 saturated carbocycles. The number of rotatable bonds is 9. The first-order valence-corrected chi connectivity index (χ1v) is 12.1. The van der Waals surface area contributed by atoms with Crippen molar-refractivity contribution in [1.29, 1.82) is 0 Å². The summed E-state index contributed by atoms with van der Waals surface area (Å²) in [7, 11) is 0. The highest BCUT2D eigenvalue weighted by Gasteiger charge is 2.35. The van der Waals surface area contributed by atoms with Crippen LogP contribution in [0.2, 0.25) is 5.02 Å². The third-order valence-corrected chi connectivity index (χ3v) is 6.95. The maximum absolute atomic E-state index is 14.7. The van der Waals surface area contributed by atoms with Crippen molar-refractivity contribution in [3.63, 3.8) is 0 Å². The Kier molecular flexibility index (Phi) is 7.50. The number of nitrogens with zero attached hydrogens (tertiary/aromatic N) is 1. The van der Waals surface area contributed by atoms with Gasteiger partial charge >= 0.3 is 0 Å². The van der Waals surface area contributed by atoms with Crippen LogP contribution in [0.5, 0.6) is 0 Å². The summed E-state index contributed by atoms with van der Waals surface area (Å²) < 4.78 is 42.3. The van der Waals surface area contributed by atoms with Crippen LogP contribution in [0.25, 0.3) is 11.1 Å². The molecule has 1 aliphatic rings. The Labute approximate surface area is 212 Å². The molecule has 1 heterocycles. The summed E-state index contributed by atoms with van der Waals surface area (Å²) in [5, 5.41) is 12.7. The van der Waals surface area contributed by atoms with Crippen LogP contribution in [0, 0.1) is 23.9 Å². The molecular formula is C28H25ClF3NO3. The monoisotopic (exact) mass is 515 g/mol. The van der Waals surface area contributed by atoms with E-state index in [9.17, 15) is 28.0 Å². The molecule has 0 saturated heterocycles. The van der Waals surface area contributed by atoms with Crippen LogP contribution in [0.15, 0.2) is 48.7 Å². The summed E-state index contributed by atoms with van der Waals surface area (Å²) in [5.74, 6) is -1.61. The van der Waals surface area contributed by atoms with E-state index in [2.05, 4.69) is 0 Å². The zero-order valence-corrected chi connectivity index (χ0v) is 20.6. The first kappa shape index (κ1) is 25.9. The fraction of sp³-hybridized carbons (Fsp3) is 0.321. The molecule has 188 valence electrons. The van der Waals surface area contributed by atoms with Gasteiger partial charge in [0.1, 0.15) is 11.7 Å². The highest BCUT2D eigenvalue weighted by molar-refractivity contribution is 6.31. The summed E-state index contributed by atoms with van der Waals surface area (Å²) in [6, 6.07) is 10.1. The van der Waals surface area contributed by atoms with Crippen molar-refractivity contribution in [2.45, 2.75) is 51.9 Å². The molecule has 0 spiro atoms. The van der Waals surface area contributed by atoms with Crippen molar-refractivity contribution in [3.05, 3.63) is 92.7 Å². The fourth-order valence-electron chi connectivity index (χ4n) is 4.61. The van der Waals surface area contributed by atoms with E-state index in [1.165, 1.54) is 19.1 Å². The number of pyridine rings is 1. The molecule has 1 unspecified atom stereocenters. The Balaban J connectivity index is 1.67. The van der Waals surface area contributed by atoms with Crippen molar-refractivity contribution < 1.29 is 27.5 Å². The molecule has 0 N–H and O–H groups in total. The van der Waals surface area contributed by atoms with Crippen molar-refractivity contribution in [3.8, 4) is 11.1 Å². The van der Waals surface area contributed by atoms with E-state index < -0.39 is 29.3 Å². The van der Waals surface area contributed by atoms with Gasteiger partial charge in [0, 0.05) is 29.2 Å². The van der Waals surface area contributed by atoms with Crippen molar-refractivity contribution in [2.75, 3.05) is 0 Å². The Morgan fingerprint density at radius 3 is 2.44 bits per heavy atom. The van der Waals surface area contributed by atoms with Gasteiger partial charge in [-0.2, -0.15) is 4.73 Å². The molecule has 1 aliphatic carbocycles. The van der Waals surface area contributed by atoms with Crippen molar-refractivity contribution >= 4 is 23.2 Å². The number of carbonyl (C=O) groups is 2. The minimum absolute atomic E-state index is 0.0443. The predicted octanol–water partition coefficient (Wildman–Crippen LogP) is 6.92. The fourth-order valence-corrected chi connectivity index (χ4v) is 4.77. The average molecular weight is 516 g/mol. The standard InChI is InChI=1S/C28H25ClF3NO3/c1-15-11-18(5-7-20(15)16(2)34)13-25(35)22(12-17-3-4-17)24-10-6-19(14-33(24)36)26-21(28(31)32)8-9-23(29)27(26)30/h5-11,14,17,22,28H,3-4,12-13H2,1-2H3.